The van der Waals surface area contributed by atoms with Crippen molar-refractivity contribution in [2.24, 2.45) is 0 Å². The Morgan fingerprint density at radius 1 is 1.32 bits per heavy atom. The van der Waals surface area contributed by atoms with Crippen molar-refractivity contribution in [3.63, 3.8) is 0 Å². The molecule has 2 N–H and O–H groups in total. The maximum Gasteiger partial charge on any atom is 0.226 e. The van der Waals surface area contributed by atoms with E-state index < -0.39 is 0 Å². The number of aromatic amines is 1. The van der Waals surface area contributed by atoms with Gasteiger partial charge >= 0.3 is 0 Å². The quantitative estimate of drug-likeness (QED) is 0.561. The van der Waals surface area contributed by atoms with Crippen molar-refractivity contribution >= 4 is 28.6 Å². The molecule has 1 saturated heterocycles. The molecule has 120 valence electrons. The van der Waals surface area contributed by atoms with Gasteiger partial charge in [-0.25, -0.2) is 4.98 Å². The van der Waals surface area contributed by atoms with Crippen molar-refractivity contribution in [3.8, 4) is 0 Å². The minimum absolute atomic E-state index is 0.0149. The molecule has 1 aliphatic rings. The summed E-state index contributed by atoms with van der Waals surface area (Å²) < 4.78 is 10.5. The highest BCUT2D eigenvalue weighted by Crippen LogP contribution is 2.28. The first-order valence-corrected chi connectivity index (χ1v) is 7.47. The lowest BCUT2D eigenvalue weighted by Gasteiger charge is -2.38. The molecule has 9 heteroatoms. The van der Waals surface area contributed by atoms with E-state index in [0.717, 1.165) is 30.2 Å². The van der Waals surface area contributed by atoms with Gasteiger partial charge in [-0.1, -0.05) is 0 Å². The molecule has 1 fully saturated rings. The lowest BCUT2D eigenvalue weighted by atomic mass is 10.1. The Balaban J connectivity index is 1.78. The zero-order valence-electron chi connectivity index (χ0n) is 12.3. The monoisotopic (exact) mass is 327 g/mol. The summed E-state index contributed by atoms with van der Waals surface area (Å²) in [6.07, 6.45) is 0.826. The Labute approximate surface area is 132 Å². The average molecular weight is 328 g/mol. The van der Waals surface area contributed by atoms with Crippen LogP contribution in [0.2, 0.25) is 5.28 Å². The number of rotatable bonds is 7. The smallest absolute Gasteiger partial charge is 0.226 e. The van der Waals surface area contributed by atoms with E-state index >= 15 is 0 Å². The van der Waals surface area contributed by atoms with E-state index in [4.69, 9.17) is 26.2 Å². The third kappa shape index (κ3) is 3.14. The molecule has 22 heavy (non-hydrogen) atoms. The number of halogens is 1. The maximum absolute atomic E-state index is 8.68. The third-order valence-corrected chi connectivity index (χ3v) is 3.72. The summed E-state index contributed by atoms with van der Waals surface area (Å²) in [4.78, 5) is 18.2. The number of anilines is 1. The number of H-pyrrole nitrogens is 1. The number of fused-ring (bicyclic) bond motifs is 1. The van der Waals surface area contributed by atoms with Gasteiger partial charge in [0.25, 0.3) is 0 Å². The summed E-state index contributed by atoms with van der Waals surface area (Å²) >= 11 is 5.99. The van der Waals surface area contributed by atoms with Gasteiger partial charge in [0.1, 0.15) is 11.3 Å². The normalized spacial score (nSPS) is 15.5. The topological polar surface area (TPSA) is 96.4 Å². The largest absolute Gasteiger partial charge is 0.394 e. The van der Waals surface area contributed by atoms with Gasteiger partial charge in [-0.15, -0.1) is 0 Å². The number of ether oxygens (including phenoxy) is 2. The number of aliphatic hydroxyl groups is 1. The number of hydrogen-bond donors (Lipinski definition) is 2. The Hall–Kier alpha value is -1.48. The second-order valence-corrected chi connectivity index (χ2v) is 5.39. The lowest BCUT2D eigenvalue weighted by molar-refractivity contribution is 0.0784. The fourth-order valence-corrected chi connectivity index (χ4v) is 2.51. The fourth-order valence-electron chi connectivity index (χ4n) is 2.35. The highest BCUT2D eigenvalue weighted by molar-refractivity contribution is 6.28. The minimum atomic E-state index is 0.0149. The molecular weight excluding hydrogens is 310 g/mol. The van der Waals surface area contributed by atoms with Gasteiger partial charge < -0.3 is 24.5 Å². The summed E-state index contributed by atoms with van der Waals surface area (Å²) in [6, 6.07) is 0. The van der Waals surface area contributed by atoms with Crippen LogP contribution in [0.1, 0.15) is 5.82 Å². The van der Waals surface area contributed by atoms with Gasteiger partial charge in [-0.05, 0) is 11.6 Å². The van der Waals surface area contributed by atoms with Gasteiger partial charge in [0.2, 0.25) is 5.28 Å². The predicted octanol–water partition coefficient (Wildman–Crippen LogP) is 0.393. The van der Waals surface area contributed by atoms with Crippen LogP contribution in [0.15, 0.2) is 0 Å². The first kappa shape index (κ1) is 15.4. The Morgan fingerprint density at radius 3 is 2.86 bits per heavy atom. The Morgan fingerprint density at radius 2 is 2.14 bits per heavy atom. The van der Waals surface area contributed by atoms with Crippen LogP contribution in [-0.2, 0) is 15.9 Å². The lowest BCUT2D eigenvalue weighted by Crippen LogP contribution is -2.52. The number of methoxy groups -OCH3 is 1. The van der Waals surface area contributed by atoms with E-state index in [0.29, 0.717) is 25.3 Å². The summed E-state index contributed by atoms with van der Waals surface area (Å²) in [6.45, 7) is 2.36. The Kier molecular flexibility index (Phi) is 4.72. The Bertz CT molecular complexity index is 644. The number of nitrogens with zero attached hydrogens (tertiary/aromatic N) is 4. The summed E-state index contributed by atoms with van der Waals surface area (Å²) in [7, 11) is 1.70. The third-order valence-electron chi connectivity index (χ3n) is 3.55. The van der Waals surface area contributed by atoms with Crippen LogP contribution in [0.5, 0.6) is 0 Å². The zero-order chi connectivity index (χ0) is 15.5. The van der Waals surface area contributed by atoms with Crippen LogP contribution < -0.4 is 4.90 Å². The highest BCUT2D eigenvalue weighted by atomic mass is 35.5. The summed E-state index contributed by atoms with van der Waals surface area (Å²) in [5.41, 5.74) is 1.32. The minimum Gasteiger partial charge on any atom is -0.394 e. The number of aliphatic hydroxyl groups excluding tert-OH is 1. The fraction of sp³-hybridized carbons (Fsp3) is 0.615. The van der Waals surface area contributed by atoms with Gasteiger partial charge in [-0.2, -0.15) is 9.97 Å². The molecule has 0 saturated carbocycles. The molecule has 3 heterocycles. The van der Waals surface area contributed by atoms with E-state index in [9.17, 15) is 0 Å². The van der Waals surface area contributed by atoms with Crippen LogP contribution in [0.3, 0.4) is 0 Å². The molecule has 0 unspecified atom stereocenters. The second kappa shape index (κ2) is 6.74. The second-order valence-electron chi connectivity index (χ2n) is 5.05. The summed E-state index contributed by atoms with van der Waals surface area (Å²) in [5, 5.41) is 8.86. The number of hydrogen-bond acceptors (Lipinski definition) is 7. The molecular formula is C13H18ClN5O3. The van der Waals surface area contributed by atoms with Crippen molar-refractivity contribution in [2.75, 3.05) is 44.9 Å². The van der Waals surface area contributed by atoms with E-state index in [2.05, 4.69) is 24.8 Å². The van der Waals surface area contributed by atoms with E-state index in [-0.39, 0.29) is 18.0 Å². The first-order chi connectivity index (χ1) is 10.7. The molecule has 3 rings (SSSR count). The number of nitrogens with one attached hydrogen (secondary N) is 1. The van der Waals surface area contributed by atoms with Crippen LogP contribution in [0.4, 0.5) is 5.82 Å². The molecule has 0 aliphatic carbocycles. The van der Waals surface area contributed by atoms with Gasteiger partial charge in [0.15, 0.2) is 11.5 Å². The van der Waals surface area contributed by atoms with Crippen molar-refractivity contribution in [1.29, 1.82) is 0 Å². The van der Waals surface area contributed by atoms with Crippen molar-refractivity contribution in [1.82, 2.24) is 19.9 Å². The molecule has 2 aromatic heterocycles. The van der Waals surface area contributed by atoms with Gasteiger partial charge in [0.05, 0.1) is 25.9 Å². The molecule has 0 bridgehead atoms. The van der Waals surface area contributed by atoms with Crippen LogP contribution >= 0.6 is 11.6 Å². The molecule has 8 nitrogen and oxygen atoms in total. The predicted molar refractivity (Wildman–Crippen MR) is 81.3 cm³/mol. The van der Waals surface area contributed by atoms with Crippen molar-refractivity contribution in [3.05, 3.63) is 11.1 Å². The zero-order valence-corrected chi connectivity index (χ0v) is 13.0. The molecule has 0 spiro atoms. The van der Waals surface area contributed by atoms with Crippen molar-refractivity contribution < 1.29 is 14.6 Å². The van der Waals surface area contributed by atoms with Crippen molar-refractivity contribution in [2.45, 2.75) is 12.5 Å². The van der Waals surface area contributed by atoms with E-state index in [1.165, 1.54) is 0 Å². The van der Waals surface area contributed by atoms with Gasteiger partial charge in [0, 0.05) is 26.6 Å². The molecule has 0 radical (unpaired) electrons. The molecule has 0 amide bonds. The molecule has 0 aromatic carbocycles. The summed E-state index contributed by atoms with van der Waals surface area (Å²) in [5.74, 6) is 1.51. The number of imidazole rings is 1. The standard InChI is InChI=1S/C13H18ClN5O3/c1-21-8-6-19(7-8)12-10-11(17-13(14)18-12)16-9(15-10)2-4-22-5-3-20/h8,20H,2-7H2,1H3,(H,15,16,17,18). The SMILES string of the molecule is COC1CN(c2nc(Cl)nc3nc(CCOCCO)[nH]c23)C1. The highest BCUT2D eigenvalue weighted by Gasteiger charge is 2.30. The molecule has 2 aromatic rings. The van der Waals surface area contributed by atoms with Gasteiger partial charge in [-0.3, -0.25) is 0 Å². The van der Waals surface area contributed by atoms with Crippen LogP contribution in [-0.4, -0.2) is 71.2 Å². The van der Waals surface area contributed by atoms with E-state index in [1.807, 2.05) is 0 Å². The maximum atomic E-state index is 8.68. The number of aromatic nitrogens is 4. The molecule has 1 aliphatic heterocycles. The van der Waals surface area contributed by atoms with E-state index in [1.54, 1.807) is 7.11 Å². The molecule has 0 atom stereocenters. The van der Waals surface area contributed by atoms with Crippen LogP contribution in [0.25, 0.3) is 11.2 Å². The average Bonchev–Trinajstić information content (AvgIpc) is 2.85. The van der Waals surface area contributed by atoms with Crippen LogP contribution in [0, 0.1) is 0 Å². The first-order valence-electron chi connectivity index (χ1n) is 7.09.